The number of amides is 1. The molecule has 0 saturated carbocycles. The van der Waals surface area contributed by atoms with Crippen molar-refractivity contribution in [2.45, 2.75) is 13.3 Å². The predicted octanol–water partition coefficient (Wildman–Crippen LogP) is 0.242. The van der Waals surface area contributed by atoms with E-state index in [0.717, 1.165) is 13.0 Å². The summed E-state index contributed by atoms with van der Waals surface area (Å²) in [7, 11) is 1.63. The van der Waals surface area contributed by atoms with E-state index < -0.39 is 0 Å². The molecule has 0 aliphatic rings. The van der Waals surface area contributed by atoms with Gasteiger partial charge in [-0.2, -0.15) is 0 Å². The molecule has 0 aromatic rings. The summed E-state index contributed by atoms with van der Waals surface area (Å²) in [6.07, 6.45) is 1.01. The normalized spacial score (nSPS) is 10.9. The number of hydrogen-bond acceptors (Lipinski definition) is 7. The number of methoxy groups -OCH3 is 1. The summed E-state index contributed by atoms with van der Waals surface area (Å²) in [5.74, 6) is -0.166. The van der Waals surface area contributed by atoms with E-state index in [4.69, 9.17) is 28.4 Å². The van der Waals surface area contributed by atoms with Gasteiger partial charge >= 0.3 is 0 Å². The molecule has 8 heteroatoms. The van der Waals surface area contributed by atoms with E-state index in [1.54, 1.807) is 7.11 Å². The second-order valence-electron chi connectivity index (χ2n) is 4.84. The van der Waals surface area contributed by atoms with Crippen LogP contribution >= 0.6 is 0 Å². The molecule has 0 heterocycles. The summed E-state index contributed by atoms with van der Waals surface area (Å²) in [6, 6.07) is 0. The Labute approximate surface area is 145 Å². The van der Waals surface area contributed by atoms with Crippen LogP contribution in [-0.2, 0) is 33.2 Å². The highest BCUT2D eigenvalue weighted by Gasteiger charge is 2.00. The molecule has 0 aromatic carbocycles. The molecule has 24 heavy (non-hydrogen) atoms. The fourth-order valence-corrected chi connectivity index (χ4v) is 1.53. The van der Waals surface area contributed by atoms with Gasteiger partial charge in [0, 0.05) is 20.3 Å². The van der Waals surface area contributed by atoms with Crippen molar-refractivity contribution in [2.75, 3.05) is 86.3 Å². The van der Waals surface area contributed by atoms with Crippen molar-refractivity contribution in [2.24, 2.45) is 0 Å². The van der Waals surface area contributed by atoms with Crippen LogP contribution in [0.2, 0.25) is 0 Å². The Hall–Kier alpha value is -0.770. The van der Waals surface area contributed by atoms with Gasteiger partial charge in [-0.15, -0.1) is 0 Å². The Morgan fingerprint density at radius 1 is 0.708 bits per heavy atom. The highest BCUT2D eigenvalue weighted by atomic mass is 16.5. The van der Waals surface area contributed by atoms with Crippen LogP contribution in [0.4, 0.5) is 0 Å². The van der Waals surface area contributed by atoms with Gasteiger partial charge < -0.3 is 33.7 Å². The van der Waals surface area contributed by atoms with E-state index in [0.29, 0.717) is 66.0 Å². The Morgan fingerprint density at radius 3 is 1.79 bits per heavy atom. The smallest absolute Gasteiger partial charge is 0.246 e. The largest absolute Gasteiger partial charge is 0.382 e. The van der Waals surface area contributed by atoms with Crippen LogP contribution < -0.4 is 5.32 Å². The quantitative estimate of drug-likeness (QED) is 0.334. The Morgan fingerprint density at radius 2 is 1.21 bits per heavy atom. The van der Waals surface area contributed by atoms with Crippen LogP contribution in [0.25, 0.3) is 0 Å². The minimum atomic E-state index is -0.166. The number of carbonyl (C=O) groups is 1. The second-order valence-corrected chi connectivity index (χ2v) is 4.84. The molecule has 0 rings (SSSR count). The third kappa shape index (κ3) is 19.3. The number of rotatable bonds is 19. The molecule has 144 valence electrons. The molecule has 1 amide bonds. The zero-order valence-corrected chi connectivity index (χ0v) is 15.1. The van der Waals surface area contributed by atoms with Gasteiger partial charge in [-0.05, 0) is 6.42 Å². The molecule has 0 radical (unpaired) electrons. The molecule has 0 aromatic heterocycles. The standard InChI is InChI=1S/C16H33NO7/c1-3-5-20-9-11-23-13-14-24-15-16(18)17-4-6-21-10-12-22-8-7-19-2/h3-15H2,1-2H3,(H,17,18). The summed E-state index contributed by atoms with van der Waals surface area (Å²) >= 11 is 0. The number of ether oxygens (including phenoxy) is 6. The lowest BCUT2D eigenvalue weighted by molar-refractivity contribution is -0.126. The first kappa shape index (κ1) is 23.2. The molecule has 0 unspecified atom stereocenters. The van der Waals surface area contributed by atoms with Crippen LogP contribution in [0.1, 0.15) is 13.3 Å². The van der Waals surface area contributed by atoms with Crippen molar-refractivity contribution in [1.29, 1.82) is 0 Å². The molecule has 0 bridgehead atoms. The Kier molecular flexibility index (Phi) is 19.6. The average Bonchev–Trinajstić information content (AvgIpc) is 2.59. The topological polar surface area (TPSA) is 84.5 Å². The summed E-state index contributed by atoms with van der Waals surface area (Å²) in [5, 5.41) is 2.71. The van der Waals surface area contributed by atoms with E-state index in [2.05, 4.69) is 12.2 Å². The minimum absolute atomic E-state index is 0.0236. The molecule has 0 fully saturated rings. The van der Waals surface area contributed by atoms with Gasteiger partial charge in [-0.25, -0.2) is 0 Å². The Bertz CT molecular complexity index is 243. The van der Waals surface area contributed by atoms with Gasteiger partial charge in [0.25, 0.3) is 0 Å². The molecule has 1 N–H and O–H groups in total. The lowest BCUT2D eigenvalue weighted by atomic mass is 10.5. The van der Waals surface area contributed by atoms with Crippen molar-refractivity contribution in [3.63, 3.8) is 0 Å². The zero-order valence-electron chi connectivity index (χ0n) is 15.1. The fraction of sp³-hybridized carbons (Fsp3) is 0.938. The van der Waals surface area contributed by atoms with Crippen molar-refractivity contribution in [1.82, 2.24) is 5.32 Å². The van der Waals surface area contributed by atoms with Gasteiger partial charge in [0.15, 0.2) is 0 Å². The maximum absolute atomic E-state index is 11.5. The molecule has 0 saturated heterocycles. The summed E-state index contributed by atoms with van der Waals surface area (Å²) < 4.78 is 31.2. The average molecular weight is 351 g/mol. The first-order valence-corrected chi connectivity index (χ1v) is 8.45. The van der Waals surface area contributed by atoms with E-state index in [-0.39, 0.29) is 12.5 Å². The first-order valence-electron chi connectivity index (χ1n) is 8.45. The monoisotopic (exact) mass is 351 g/mol. The van der Waals surface area contributed by atoms with Crippen LogP contribution in [0.3, 0.4) is 0 Å². The van der Waals surface area contributed by atoms with Crippen LogP contribution in [0, 0.1) is 0 Å². The second kappa shape index (κ2) is 20.3. The predicted molar refractivity (Wildman–Crippen MR) is 89.3 cm³/mol. The minimum Gasteiger partial charge on any atom is -0.382 e. The maximum Gasteiger partial charge on any atom is 0.246 e. The van der Waals surface area contributed by atoms with Crippen LogP contribution in [-0.4, -0.2) is 92.2 Å². The van der Waals surface area contributed by atoms with Gasteiger partial charge in [0.1, 0.15) is 6.61 Å². The van der Waals surface area contributed by atoms with E-state index in [9.17, 15) is 4.79 Å². The fourth-order valence-electron chi connectivity index (χ4n) is 1.53. The highest BCUT2D eigenvalue weighted by Crippen LogP contribution is 1.84. The van der Waals surface area contributed by atoms with E-state index in [1.807, 2.05) is 0 Å². The molecular formula is C16H33NO7. The lowest BCUT2D eigenvalue weighted by Gasteiger charge is -2.08. The van der Waals surface area contributed by atoms with Gasteiger partial charge in [-0.3, -0.25) is 4.79 Å². The molecule has 0 atom stereocenters. The van der Waals surface area contributed by atoms with E-state index >= 15 is 0 Å². The maximum atomic E-state index is 11.5. The summed E-state index contributed by atoms with van der Waals surface area (Å²) in [4.78, 5) is 11.5. The molecule has 8 nitrogen and oxygen atoms in total. The third-order valence-electron chi connectivity index (χ3n) is 2.70. The number of hydrogen-bond donors (Lipinski definition) is 1. The number of nitrogens with one attached hydrogen (secondary N) is 1. The SMILES string of the molecule is CCCOCCOCCOCC(=O)NCCOCCOCCOC. The summed E-state index contributed by atoms with van der Waals surface area (Å²) in [6.45, 7) is 7.85. The highest BCUT2D eigenvalue weighted by molar-refractivity contribution is 5.77. The van der Waals surface area contributed by atoms with Gasteiger partial charge in [0.05, 0.1) is 59.5 Å². The lowest BCUT2D eigenvalue weighted by Crippen LogP contribution is -2.31. The zero-order chi connectivity index (χ0) is 17.7. The van der Waals surface area contributed by atoms with Crippen molar-refractivity contribution in [3.8, 4) is 0 Å². The van der Waals surface area contributed by atoms with E-state index in [1.165, 1.54) is 0 Å². The summed E-state index contributed by atoms with van der Waals surface area (Å²) in [5.41, 5.74) is 0. The van der Waals surface area contributed by atoms with Crippen molar-refractivity contribution >= 4 is 5.91 Å². The Balaban J connectivity index is 3.13. The van der Waals surface area contributed by atoms with Crippen molar-refractivity contribution < 1.29 is 33.2 Å². The number of carbonyl (C=O) groups excluding carboxylic acids is 1. The van der Waals surface area contributed by atoms with Crippen LogP contribution in [0.5, 0.6) is 0 Å². The van der Waals surface area contributed by atoms with Gasteiger partial charge in [0.2, 0.25) is 5.91 Å². The van der Waals surface area contributed by atoms with Crippen molar-refractivity contribution in [3.05, 3.63) is 0 Å². The van der Waals surface area contributed by atoms with Gasteiger partial charge in [-0.1, -0.05) is 6.92 Å². The molecular weight excluding hydrogens is 318 g/mol. The first-order chi connectivity index (χ1) is 11.8. The molecule has 0 aliphatic heterocycles. The third-order valence-corrected chi connectivity index (χ3v) is 2.70. The van der Waals surface area contributed by atoms with Crippen LogP contribution in [0.15, 0.2) is 0 Å². The molecule has 0 spiro atoms. The molecule has 0 aliphatic carbocycles.